The van der Waals surface area contributed by atoms with Crippen molar-refractivity contribution in [1.29, 1.82) is 0 Å². The van der Waals surface area contributed by atoms with Gasteiger partial charge in [-0.3, -0.25) is 5.10 Å². The average molecular weight is 178 g/mol. The highest BCUT2D eigenvalue weighted by molar-refractivity contribution is 5.81. The van der Waals surface area contributed by atoms with Gasteiger partial charge in [0.2, 0.25) is 0 Å². The number of halogens is 1. The number of hydrogen-bond acceptors (Lipinski definition) is 1. The van der Waals surface area contributed by atoms with Crippen molar-refractivity contribution in [2.75, 3.05) is 0 Å². The highest BCUT2D eigenvalue weighted by Gasteiger charge is 2.11. The molecule has 0 bridgehead atoms. The van der Waals surface area contributed by atoms with Crippen LogP contribution in [0.2, 0.25) is 0 Å². The molecule has 0 aliphatic rings. The fourth-order valence-corrected chi connectivity index (χ4v) is 1.57. The highest BCUT2D eigenvalue weighted by Crippen LogP contribution is 2.25. The molecule has 3 heteroatoms. The van der Waals surface area contributed by atoms with Crippen molar-refractivity contribution in [3.63, 3.8) is 0 Å². The van der Waals surface area contributed by atoms with E-state index in [-0.39, 0.29) is 11.7 Å². The summed E-state index contributed by atoms with van der Waals surface area (Å²) in [4.78, 5) is 0. The molecule has 2 nitrogen and oxygen atoms in total. The van der Waals surface area contributed by atoms with E-state index in [2.05, 4.69) is 10.2 Å². The number of H-pyrrole nitrogens is 1. The molecule has 13 heavy (non-hydrogen) atoms. The summed E-state index contributed by atoms with van der Waals surface area (Å²) in [5.74, 6) is 0.0101. The number of aromatic amines is 1. The molecule has 0 radical (unpaired) electrons. The van der Waals surface area contributed by atoms with Crippen LogP contribution in [0.4, 0.5) is 4.39 Å². The van der Waals surface area contributed by atoms with Gasteiger partial charge in [0, 0.05) is 10.9 Å². The molecule has 1 aromatic heterocycles. The van der Waals surface area contributed by atoms with E-state index in [1.165, 1.54) is 6.07 Å². The van der Waals surface area contributed by atoms with Gasteiger partial charge in [-0.1, -0.05) is 13.8 Å². The van der Waals surface area contributed by atoms with Gasteiger partial charge in [0.25, 0.3) is 0 Å². The predicted molar refractivity (Wildman–Crippen MR) is 50.1 cm³/mol. The fraction of sp³-hybridized carbons (Fsp3) is 0.300. The lowest BCUT2D eigenvalue weighted by molar-refractivity contribution is 0.601. The molecule has 0 amide bonds. The molecule has 0 saturated heterocycles. The number of benzene rings is 1. The molecule has 0 aliphatic carbocycles. The van der Waals surface area contributed by atoms with Crippen molar-refractivity contribution >= 4 is 10.9 Å². The summed E-state index contributed by atoms with van der Waals surface area (Å²) in [5, 5.41) is 7.68. The van der Waals surface area contributed by atoms with E-state index in [1.807, 2.05) is 13.8 Å². The van der Waals surface area contributed by atoms with Gasteiger partial charge in [-0.15, -0.1) is 0 Å². The van der Waals surface area contributed by atoms with Crippen LogP contribution in [0.3, 0.4) is 0 Å². The summed E-state index contributed by atoms with van der Waals surface area (Å²) < 4.78 is 13.4. The monoisotopic (exact) mass is 178 g/mol. The maximum Gasteiger partial charge on any atom is 0.128 e. The normalized spacial score (nSPS) is 11.4. The Morgan fingerprint density at radius 2 is 2.15 bits per heavy atom. The van der Waals surface area contributed by atoms with E-state index >= 15 is 0 Å². The maximum absolute atomic E-state index is 13.4. The summed E-state index contributed by atoms with van der Waals surface area (Å²) in [6.07, 6.45) is 1.71. The van der Waals surface area contributed by atoms with E-state index in [1.54, 1.807) is 12.3 Å². The SMILES string of the molecule is CC(C)c1c(F)ccc2cn[nH]c12. The second-order valence-corrected chi connectivity index (χ2v) is 3.45. The molecule has 0 aliphatic heterocycles. The standard InChI is InChI=1S/C10H11FN2/c1-6(2)9-8(11)4-3-7-5-12-13-10(7)9/h3-6H,1-2H3,(H,12,13). The van der Waals surface area contributed by atoms with Crippen LogP contribution >= 0.6 is 0 Å². The Kier molecular flexibility index (Phi) is 1.79. The number of fused-ring (bicyclic) bond motifs is 1. The molecule has 2 rings (SSSR count). The molecule has 0 saturated carbocycles. The van der Waals surface area contributed by atoms with Crippen molar-refractivity contribution < 1.29 is 4.39 Å². The van der Waals surface area contributed by atoms with E-state index < -0.39 is 0 Å². The Bertz CT molecular complexity index is 431. The van der Waals surface area contributed by atoms with Crippen LogP contribution in [0, 0.1) is 5.82 Å². The number of rotatable bonds is 1. The second kappa shape index (κ2) is 2.83. The van der Waals surface area contributed by atoms with E-state index in [0.29, 0.717) is 0 Å². The fourth-order valence-electron chi connectivity index (χ4n) is 1.57. The van der Waals surface area contributed by atoms with Crippen LogP contribution in [-0.4, -0.2) is 10.2 Å². The Labute approximate surface area is 75.8 Å². The minimum absolute atomic E-state index is 0.160. The first-order valence-corrected chi connectivity index (χ1v) is 4.31. The van der Waals surface area contributed by atoms with Crippen LogP contribution in [0.25, 0.3) is 10.9 Å². The summed E-state index contributed by atoms with van der Waals surface area (Å²) in [6, 6.07) is 3.23. The van der Waals surface area contributed by atoms with Crippen LogP contribution in [-0.2, 0) is 0 Å². The summed E-state index contributed by atoms with van der Waals surface area (Å²) >= 11 is 0. The van der Waals surface area contributed by atoms with Crippen molar-refractivity contribution in [2.45, 2.75) is 19.8 Å². The third-order valence-electron chi connectivity index (χ3n) is 2.18. The maximum atomic E-state index is 13.4. The molecule has 0 fully saturated rings. The zero-order valence-corrected chi connectivity index (χ0v) is 7.63. The molecular formula is C10H11FN2. The molecule has 0 spiro atoms. The Morgan fingerprint density at radius 1 is 1.38 bits per heavy atom. The third-order valence-corrected chi connectivity index (χ3v) is 2.18. The summed E-state index contributed by atoms with van der Waals surface area (Å²) in [7, 11) is 0. The van der Waals surface area contributed by atoms with Crippen molar-refractivity contribution in [1.82, 2.24) is 10.2 Å². The topological polar surface area (TPSA) is 28.7 Å². The minimum atomic E-state index is -0.160. The van der Waals surface area contributed by atoms with Gasteiger partial charge in [-0.05, 0) is 18.1 Å². The zero-order valence-electron chi connectivity index (χ0n) is 7.63. The largest absolute Gasteiger partial charge is 0.277 e. The molecule has 2 aromatic rings. The molecule has 0 unspecified atom stereocenters. The lowest BCUT2D eigenvalue weighted by atomic mass is 10.0. The number of hydrogen-bond donors (Lipinski definition) is 1. The van der Waals surface area contributed by atoms with Gasteiger partial charge in [0.1, 0.15) is 5.82 Å². The quantitative estimate of drug-likeness (QED) is 0.714. The zero-order chi connectivity index (χ0) is 9.42. The van der Waals surface area contributed by atoms with E-state index in [0.717, 1.165) is 16.5 Å². The average Bonchev–Trinajstić information content (AvgIpc) is 2.50. The minimum Gasteiger partial charge on any atom is -0.277 e. The number of aromatic nitrogens is 2. The third kappa shape index (κ3) is 1.20. The molecule has 68 valence electrons. The molecule has 1 aromatic carbocycles. The van der Waals surface area contributed by atoms with E-state index in [9.17, 15) is 4.39 Å². The lowest BCUT2D eigenvalue weighted by Gasteiger charge is -2.07. The summed E-state index contributed by atoms with van der Waals surface area (Å²) in [5.41, 5.74) is 1.53. The Morgan fingerprint density at radius 3 is 2.85 bits per heavy atom. The van der Waals surface area contributed by atoms with Crippen LogP contribution in [0.1, 0.15) is 25.3 Å². The molecular weight excluding hydrogens is 167 g/mol. The lowest BCUT2D eigenvalue weighted by Crippen LogP contribution is -1.94. The molecule has 1 N–H and O–H groups in total. The van der Waals surface area contributed by atoms with Gasteiger partial charge in [0.15, 0.2) is 0 Å². The van der Waals surface area contributed by atoms with E-state index in [4.69, 9.17) is 0 Å². The van der Waals surface area contributed by atoms with Gasteiger partial charge in [-0.2, -0.15) is 5.10 Å². The molecule has 1 heterocycles. The summed E-state index contributed by atoms with van der Waals surface area (Å²) in [6.45, 7) is 3.94. The highest BCUT2D eigenvalue weighted by atomic mass is 19.1. The molecule has 0 atom stereocenters. The van der Waals surface area contributed by atoms with Crippen molar-refractivity contribution in [3.05, 3.63) is 29.7 Å². The van der Waals surface area contributed by atoms with Crippen LogP contribution in [0.15, 0.2) is 18.3 Å². The van der Waals surface area contributed by atoms with Gasteiger partial charge < -0.3 is 0 Å². The van der Waals surface area contributed by atoms with Gasteiger partial charge in [-0.25, -0.2) is 4.39 Å². The smallest absolute Gasteiger partial charge is 0.128 e. The first kappa shape index (κ1) is 8.23. The Balaban J connectivity index is 2.80. The van der Waals surface area contributed by atoms with Gasteiger partial charge >= 0.3 is 0 Å². The predicted octanol–water partition coefficient (Wildman–Crippen LogP) is 2.83. The first-order chi connectivity index (χ1) is 6.20. The Hall–Kier alpha value is -1.38. The number of nitrogens with zero attached hydrogens (tertiary/aromatic N) is 1. The van der Waals surface area contributed by atoms with Crippen molar-refractivity contribution in [2.24, 2.45) is 0 Å². The van der Waals surface area contributed by atoms with Crippen molar-refractivity contribution in [3.8, 4) is 0 Å². The van der Waals surface area contributed by atoms with Crippen LogP contribution < -0.4 is 0 Å². The number of nitrogens with one attached hydrogen (secondary N) is 1. The van der Waals surface area contributed by atoms with Gasteiger partial charge in [0.05, 0.1) is 11.7 Å². The van der Waals surface area contributed by atoms with Crippen LogP contribution in [0.5, 0.6) is 0 Å². The first-order valence-electron chi connectivity index (χ1n) is 4.31. The second-order valence-electron chi connectivity index (χ2n) is 3.45.